The number of benzene rings is 2. The largest absolute Gasteiger partial charge is 0.488 e. The van der Waals surface area contributed by atoms with Crippen molar-refractivity contribution in [3.05, 3.63) is 75.0 Å². The van der Waals surface area contributed by atoms with Gasteiger partial charge in [0, 0.05) is 11.1 Å². The summed E-state index contributed by atoms with van der Waals surface area (Å²) in [5.74, 6) is -0.373. The highest BCUT2D eigenvalue weighted by molar-refractivity contribution is 7.17. The maximum atomic E-state index is 13.9. The van der Waals surface area contributed by atoms with E-state index in [1.807, 2.05) is 0 Å². The van der Waals surface area contributed by atoms with Crippen molar-refractivity contribution in [1.82, 2.24) is 10.4 Å². The van der Waals surface area contributed by atoms with Gasteiger partial charge in [0.25, 0.3) is 5.91 Å². The molecule has 0 aliphatic heterocycles. The third kappa shape index (κ3) is 4.65. The molecule has 0 atom stereocenters. The highest BCUT2D eigenvalue weighted by atomic mass is 35.5. The minimum atomic E-state index is -0.440. The van der Waals surface area contributed by atoms with Gasteiger partial charge in [-0.25, -0.2) is 14.8 Å². The third-order valence-electron chi connectivity index (χ3n) is 3.74. The minimum absolute atomic E-state index is 0.0396. The highest BCUT2D eigenvalue weighted by Gasteiger charge is 2.13. The minimum Gasteiger partial charge on any atom is -0.488 e. The highest BCUT2D eigenvalue weighted by Crippen LogP contribution is 2.23. The van der Waals surface area contributed by atoms with Crippen LogP contribution in [-0.2, 0) is 6.61 Å². The van der Waals surface area contributed by atoms with E-state index in [9.17, 15) is 9.18 Å². The van der Waals surface area contributed by atoms with Crippen LogP contribution in [0.1, 0.15) is 26.5 Å². The Hall–Kier alpha value is -2.97. The number of halogens is 2. The van der Waals surface area contributed by atoms with Gasteiger partial charge >= 0.3 is 0 Å². The molecule has 3 N–H and O–H groups in total. The van der Waals surface area contributed by atoms with Crippen molar-refractivity contribution in [2.24, 2.45) is 5.10 Å². The number of rotatable bonds is 6. The van der Waals surface area contributed by atoms with Crippen LogP contribution < -0.4 is 15.9 Å². The molecule has 0 bridgehead atoms. The quantitative estimate of drug-likeness (QED) is 0.464. The summed E-state index contributed by atoms with van der Waals surface area (Å²) < 4.78 is 19.6. The number of nitrogens with zero attached hydrogens (tertiary/aromatic N) is 2. The molecule has 28 heavy (non-hydrogen) atoms. The fourth-order valence-corrected chi connectivity index (χ4v) is 3.32. The van der Waals surface area contributed by atoms with E-state index in [0.29, 0.717) is 27.0 Å². The van der Waals surface area contributed by atoms with Crippen LogP contribution in [0.25, 0.3) is 0 Å². The fourth-order valence-electron chi connectivity index (χ4n) is 2.38. The zero-order chi connectivity index (χ0) is 20.1. The zero-order valence-electron chi connectivity index (χ0n) is 14.8. The molecule has 3 aromatic rings. The van der Waals surface area contributed by atoms with Crippen LogP contribution in [0.5, 0.6) is 5.75 Å². The SMILES string of the molecule is Cc1nc(N)sc1C(=O)N/N=C/c1ccccc1OCc1c(F)cccc1Cl. The van der Waals surface area contributed by atoms with E-state index in [-0.39, 0.29) is 17.2 Å². The summed E-state index contributed by atoms with van der Waals surface area (Å²) in [7, 11) is 0. The summed E-state index contributed by atoms with van der Waals surface area (Å²) >= 11 is 7.11. The van der Waals surface area contributed by atoms with Gasteiger partial charge < -0.3 is 10.5 Å². The normalized spacial score (nSPS) is 11.0. The van der Waals surface area contributed by atoms with Crippen molar-refractivity contribution in [1.29, 1.82) is 0 Å². The number of hydrazone groups is 1. The van der Waals surface area contributed by atoms with Crippen LogP contribution in [0, 0.1) is 12.7 Å². The maximum Gasteiger partial charge on any atom is 0.283 e. The molecule has 0 saturated heterocycles. The second-order valence-corrected chi connectivity index (χ2v) is 7.13. The predicted molar refractivity (Wildman–Crippen MR) is 109 cm³/mol. The molecule has 6 nitrogen and oxygen atoms in total. The van der Waals surface area contributed by atoms with Crippen LogP contribution in [0.3, 0.4) is 0 Å². The second-order valence-electron chi connectivity index (χ2n) is 5.69. The molecular weight excluding hydrogens is 403 g/mol. The van der Waals surface area contributed by atoms with E-state index in [1.54, 1.807) is 37.3 Å². The van der Waals surface area contributed by atoms with E-state index in [2.05, 4.69) is 15.5 Å². The van der Waals surface area contributed by atoms with Gasteiger partial charge in [-0.05, 0) is 31.2 Å². The summed E-state index contributed by atoms with van der Waals surface area (Å²) in [4.78, 5) is 16.5. The number of nitrogens with two attached hydrogens (primary N) is 1. The lowest BCUT2D eigenvalue weighted by Gasteiger charge is -2.10. The third-order valence-corrected chi connectivity index (χ3v) is 5.08. The van der Waals surface area contributed by atoms with Crippen LogP contribution >= 0.6 is 22.9 Å². The number of anilines is 1. The van der Waals surface area contributed by atoms with Gasteiger partial charge in [-0.1, -0.05) is 41.1 Å². The Kier molecular flexibility index (Phi) is 6.23. The van der Waals surface area contributed by atoms with Crippen molar-refractivity contribution in [2.75, 3.05) is 5.73 Å². The molecule has 1 amide bonds. The van der Waals surface area contributed by atoms with Crippen molar-refractivity contribution in [3.63, 3.8) is 0 Å². The van der Waals surface area contributed by atoms with E-state index in [4.69, 9.17) is 22.1 Å². The molecule has 0 spiro atoms. The average Bonchev–Trinajstić information content (AvgIpc) is 3.00. The second kappa shape index (κ2) is 8.81. The van der Waals surface area contributed by atoms with Gasteiger partial charge in [0.2, 0.25) is 0 Å². The molecule has 0 aliphatic rings. The van der Waals surface area contributed by atoms with Crippen LogP contribution in [0.4, 0.5) is 9.52 Å². The van der Waals surface area contributed by atoms with Crippen molar-refractivity contribution in [3.8, 4) is 5.75 Å². The molecule has 1 aromatic heterocycles. The fraction of sp³-hybridized carbons (Fsp3) is 0.105. The first-order valence-corrected chi connectivity index (χ1v) is 9.36. The summed E-state index contributed by atoms with van der Waals surface area (Å²) in [6, 6.07) is 11.5. The Balaban J connectivity index is 1.69. The zero-order valence-corrected chi connectivity index (χ0v) is 16.4. The number of ether oxygens (including phenoxy) is 1. The van der Waals surface area contributed by atoms with E-state index in [0.717, 1.165) is 11.3 Å². The Labute approximate surface area is 169 Å². The topological polar surface area (TPSA) is 89.6 Å². The smallest absolute Gasteiger partial charge is 0.283 e. The number of nitrogen functional groups attached to an aromatic ring is 1. The van der Waals surface area contributed by atoms with Gasteiger partial charge in [-0.3, -0.25) is 4.79 Å². The summed E-state index contributed by atoms with van der Waals surface area (Å²) in [5, 5.41) is 4.56. The lowest BCUT2D eigenvalue weighted by Crippen LogP contribution is -2.17. The molecule has 9 heteroatoms. The first kappa shape index (κ1) is 19.8. The van der Waals surface area contributed by atoms with Gasteiger partial charge in [0.15, 0.2) is 5.13 Å². The Morgan fingerprint density at radius 2 is 2.14 bits per heavy atom. The molecule has 144 valence electrons. The van der Waals surface area contributed by atoms with Crippen LogP contribution in [0.15, 0.2) is 47.6 Å². The predicted octanol–water partition coefficient (Wildman–Crippen LogP) is 4.17. The number of carbonyl (C=O) groups excluding carboxylic acids is 1. The lowest BCUT2D eigenvalue weighted by molar-refractivity contribution is 0.0958. The maximum absolute atomic E-state index is 13.9. The molecule has 0 saturated carbocycles. The van der Waals surface area contributed by atoms with Crippen LogP contribution in [0.2, 0.25) is 5.02 Å². The number of nitrogens with one attached hydrogen (secondary N) is 1. The Bertz CT molecular complexity index is 1020. The van der Waals surface area contributed by atoms with Gasteiger partial charge in [0.05, 0.1) is 16.9 Å². The van der Waals surface area contributed by atoms with Crippen molar-refractivity contribution < 1.29 is 13.9 Å². The van der Waals surface area contributed by atoms with E-state index >= 15 is 0 Å². The molecule has 0 unspecified atom stereocenters. The lowest BCUT2D eigenvalue weighted by atomic mass is 10.2. The molecular formula is C19H16ClFN4O2S. The molecule has 0 aliphatic carbocycles. The van der Waals surface area contributed by atoms with Gasteiger partial charge in [-0.2, -0.15) is 5.10 Å². The number of carbonyl (C=O) groups is 1. The summed E-state index contributed by atoms with van der Waals surface area (Å²) in [6.07, 6.45) is 1.44. The van der Waals surface area contributed by atoms with Gasteiger partial charge in [-0.15, -0.1) is 0 Å². The Morgan fingerprint density at radius 3 is 2.86 bits per heavy atom. The molecule has 0 radical (unpaired) electrons. The number of hydrogen-bond acceptors (Lipinski definition) is 6. The first-order chi connectivity index (χ1) is 13.5. The van der Waals surface area contributed by atoms with E-state index in [1.165, 1.54) is 18.3 Å². The van der Waals surface area contributed by atoms with Gasteiger partial charge in [0.1, 0.15) is 23.1 Å². The summed E-state index contributed by atoms with van der Waals surface area (Å²) in [6.45, 7) is 1.66. The first-order valence-electron chi connectivity index (χ1n) is 8.16. The Morgan fingerprint density at radius 1 is 1.36 bits per heavy atom. The number of aryl methyl sites for hydroxylation is 1. The molecule has 2 aromatic carbocycles. The number of aromatic nitrogens is 1. The number of thiazole rings is 1. The number of hydrogen-bond donors (Lipinski definition) is 2. The standard InChI is InChI=1S/C19H16ClFN4O2S/c1-11-17(28-19(22)24-11)18(26)25-23-9-12-5-2-3-8-16(12)27-10-13-14(20)6-4-7-15(13)21/h2-9H,10H2,1H3,(H2,22,24)(H,25,26)/b23-9+. The average molecular weight is 419 g/mol. The number of para-hydroxylation sites is 1. The van der Waals surface area contributed by atoms with E-state index < -0.39 is 11.7 Å². The summed E-state index contributed by atoms with van der Waals surface area (Å²) in [5.41, 5.74) is 9.44. The van der Waals surface area contributed by atoms with Crippen LogP contribution in [-0.4, -0.2) is 17.1 Å². The number of amides is 1. The van der Waals surface area contributed by atoms with Crippen molar-refractivity contribution in [2.45, 2.75) is 13.5 Å². The monoisotopic (exact) mass is 418 g/mol. The van der Waals surface area contributed by atoms with Crippen molar-refractivity contribution >= 4 is 40.2 Å². The molecule has 1 heterocycles. The molecule has 3 rings (SSSR count). The molecule has 0 fully saturated rings.